The van der Waals surface area contributed by atoms with Gasteiger partial charge in [0.1, 0.15) is 11.9 Å². The molecule has 1 fully saturated rings. The van der Waals surface area contributed by atoms with E-state index >= 15 is 0 Å². The third-order valence-corrected chi connectivity index (χ3v) is 3.50. The minimum Gasteiger partial charge on any atom is -0.344 e. The Morgan fingerprint density at radius 3 is 2.94 bits per heavy atom. The fourth-order valence-electron chi connectivity index (χ4n) is 2.59. The van der Waals surface area contributed by atoms with Crippen LogP contribution in [0, 0.1) is 5.82 Å². The zero-order valence-corrected chi connectivity index (χ0v) is 9.78. The summed E-state index contributed by atoms with van der Waals surface area (Å²) in [7, 11) is 0. The van der Waals surface area contributed by atoms with Crippen molar-refractivity contribution in [2.24, 2.45) is 0 Å². The molecule has 1 aromatic rings. The summed E-state index contributed by atoms with van der Waals surface area (Å²) < 4.78 is 13.1. The molecule has 1 unspecified atom stereocenters. The SMILES string of the molecule is O=C1CCC(C(=O)N2CCc3cc(F)ccc32)N1. The molecule has 0 radical (unpaired) electrons. The van der Waals surface area contributed by atoms with Gasteiger partial charge in [0.05, 0.1) is 0 Å². The zero-order valence-electron chi connectivity index (χ0n) is 9.78. The first-order valence-corrected chi connectivity index (χ1v) is 6.04. The summed E-state index contributed by atoms with van der Waals surface area (Å²) in [5.41, 5.74) is 1.62. The molecule has 0 spiro atoms. The molecule has 0 bridgehead atoms. The minimum atomic E-state index is -0.423. The van der Waals surface area contributed by atoms with Crippen molar-refractivity contribution in [1.29, 1.82) is 0 Å². The van der Waals surface area contributed by atoms with Gasteiger partial charge < -0.3 is 10.2 Å². The number of hydrogen-bond donors (Lipinski definition) is 1. The maximum Gasteiger partial charge on any atom is 0.249 e. The summed E-state index contributed by atoms with van der Waals surface area (Å²) in [6.07, 6.45) is 1.62. The van der Waals surface area contributed by atoms with Crippen LogP contribution in [0.4, 0.5) is 10.1 Å². The van der Waals surface area contributed by atoms with E-state index < -0.39 is 6.04 Å². The van der Waals surface area contributed by atoms with Crippen molar-refractivity contribution in [3.8, 4) is 0 Å². The maximum absolute atomic E-state index is 13.1. The molecule has 0 aliphatic carbocycles. The van der Waals surface area contributed by atoms with E-state index in [1.165, 1.54) is 12.1 Å². The van der Waals surface area contributed by atoms with Crippen LogP contribution in [0.1, 0.15) is 18.4 Å². The second-order valence-electron chi connectivity index (χ2n) is 4.67. The number of benzene rings is 1. The van der Waals surface area contributed by atoms with E-state index in [9.17, 15) is 14.0 Å². The predicted octanol–water partition coefficient (Wildman–Crippen LogP) is 0.993. The summed E-state index contributed by atoms with van der Waals surface area (Å²) in [6.45, 7) is 0.560. The average molecular weight is 248 g/mol. The Hall–Kier alpha value is -1.91. The van der Waals surface area contributed by atoms with Crippen LogP contribution < -0.4 is 10.2 Å². The third-order valence-electron chi connectivity index (χ3n) is 3.50. The van der Waals surface area contributed by atoms with E-state index in [0.717, 1.165) is 11.3 Å². The van der Waals surface area contributed by atoms with Crippen LogP contribution in [0.15, 0.2) is 18.2 Å². The van der Waals surface area contributed by atoms with E-state index in [1.54, 1.807) is 11.0 Å². The lowest BCUT2D eigenvalue weighted by atomic mass is 10.1. The van der Waals surface area contributed by atoms with Crippen LogP contribution in [-0.4, -0.2) is 24.4 Å². The highest BCUT2D eigenvalue weighted by molar-refractivity contribution is 6.02. The number of anilines is 1. The molecule has 18 heavy (non-hydrogen) atoms. The highest BCUT2D eigenvalue weighted by Gasteiger charge is 2.34. The molecule has 2 amide bonds. The molecule has 94 valence electrons. The van der Waals surface area contributed by atoms with Crippen molar-refractivity contribution >= 4 is 17.5 Å². The quantitative estimate of drug-likeness (QED) is 0.805. The summed E-state index contributed by atoms with van der Waals surface area (Å²) in [4.78, 5) is 25.0. The molecule has 5 heteroatoms. The second-order valence-corrected chi connectivity index (χ2v) is 4.67. The molecule has 4 nitrogen and oxygen atoms in total. The molecule has 3 rings (SSSR count). The number of rotatable bonds is 1. The summed E-state index contributed by atoms with van der Waals surface area (Å²) >= 11 is 0. The first kappa shape index (κ1) is 11.2. The van der Waals surface area contributed by atoms with Crippen molar-refractivity contribution in [2.45, 2.75) is 25.3 Å². The molecule has 0 aromatic heterocycles. The number of amides is 2. The van der Waals surface area contributed by atoms with E-state index in [-0.39, 0.29) is 17.6 Å². The van der Waals surface area contributed by atoms with Gasteiger partial charge in [0.15, 0.2) is 0 Å². The Balaban J connectivity index is 1.83. The largest absolute Gasteiger partial charge is 0.344 e. The van der Waals surface area contributed by atoms with Gasteiger partial charge in [-0.15, -0.1) is 0 Å². The molecule has 2 aliphatic rings. The van der Waals surface area contributed by atoms with Crippen molar-refractivity contribution in [1.82, 2.24) is 5.32 Å². The molecular formula is C13H13FN2O2. The van der Waals surface area contributed by atoms with E-state index in [4.69, 9.17) is 0 Å². The van der Waals surface area contributed by atoms with Gasteiger partial charge in [-0.05, 0) is 36.6 Å². The van der Waals surface area contributed by atoms with Crippen molar-refractivity contribution in [2.75, 3.05) is 11.4 Å². The van der Waals surface area contributed by atoms with E-state index in [2.05, 4.69) is 5.32 Å². The average Bonchev–Trinajstić information content (AvgIpc) is 2.94. The Kier molecular flexibility index (Phi) is 2.54. The molecular weight excluding hydrogens is 235 g/mol. The number of carbonyl (C=O) groups excluding carboxylic acids is 2. The first-order chi connectivity index (χ1) is 8.65. The van der Waals surface area contributed by atoms with Gasteiger partial charge in [-0.1, -0.05) is 0 Å². The number of nitrogens with one attached hydrogen (secondary N) is 1. The third kappa shape index (κ3) is 1.75. The van der Waals surface area contributed by atoms with Gasteiger partial charge in [-0.2, -0.15) is 0 Å². The maximum atomic E-state index is 13.1. The van der Waals surface area contributed by atoms with Gasteiger partial charge in [-0.25, -0.2) is 4.39 Å². The van der Waals surface area contributed by atoms with Gasteiger partial charge in [0, 0.05) is 18.7 Å². The lowest BCUT2D eigenvalue weighted by Gasteiger charge is -2.21. The summed E-state index contributed by atoms with van der Waals surface area (Å²) in [5.74, 6) is -0.449. The first-order valence-electron chi connectivity index (χ1n) is 6.04. The van der Waals surface area contributed by atoms with Crippen molar-refractivity contribution < 1.29 is 14.0 Å². The number of carbonyl (C=O) groups is 2. The van der Waals surface area contributed by atoms with Crippen LogP contribution in [0.2, 0.25) is 0 Å². The minimum absolute atomic E-state index is 0.0770. The van der Waals surface area contributed by atoms with Gasteiger partial charge in [0.2, 0.25) is 11.8 Å². The molecule has 1 saturated heterocycles. The Morgan fingerprint density at radius 1 is 1.39 bits per heavy atom. The Morgan fingerprint density at radius 2 is 2.22 bits per heavy atom. The molecule has 0 saturated carbocycles. The van der Waals surface area contributed by atoms with Gasteiger partial charge in [-0.3, -0.25) is 9.59 Å². The molecule has 1 N–H and O–H groups in total. The van der Waals surface area contributed by atoms with Crippen LogP contribution in [0.5, 0.6) is 0 Å². The Labute approximate surface area is 104 Å². The summed E-state index contributed by atoms with van der Waals surface area (Å²) in [6, 6.07) is 4.04. The van der Waals surface area contributed by atoms with Gasteiger partial charge >= 0.3 is 0 Å². The molecule has 1 atom stereocenters. The van der Waals surface area contributed by atoms with Crippen LogP contribution in [0.3, 0.4) is 0 Å². The van der Waals surface area contributed by atoms with Crippen molar-refractivity contribution in [3.63, 3.8) is 0 Å². The topological polar surface area (TPSA) is 49.4 Å². The highest BCUT2D eigenvalue weighted by Crippen LogP contribution is 2.29. The number of halogens is 1. The van der Waals surface area contributed by atoms with Gasteiger partial charge in [0.25, 0.3) is 0 Å². The standard InChI is InChI=1S/C13H13FN2O2/c14-9-1-3-11-8(7-9)5-6-16(11)13(18)10-2-4-12(17)15-10/h1,3,7,10H,2,4-6H2,(H,15,17). The number of nitrogens with zero attached hydrogens (tertiary/aromatic N) is 1. The zero-order chi connectivity index (χ0) is 12.7. The number of hydrogen-bond acceptors (Lipinski definition) is 2. The van der Waals surface area contributed by atoms with E-state index in [0.29, 0.717) is 25.8 Å². The normalized spacial score (nSPS) is 21.9. The van der Waals surface area contributed by atoms with Crippen LogP contribution >= 0.6 is 0 Å². The lowest BCUT2D eigenvalue weighted by molar-refractivity contribution is -0.124. The lowest BCUT2D eigenvalue weighted by Crippen LogP contribution is -2.43. The molecule has 1 aromatic carbocycles. The highest BCUT2D eigenvalue weighted by atomic mass is 19.1. The fourth-order valence-corrected chi connectivity index (χ4v) is 2.59. The number of fused-ring (bicyclic) bond motifs is 1. The smallest absolute Gasteiger partial charge is 0.249 e. The predicted molar refractivity (Wildman–Crippen MR) is 63.6 cm³/mol. The van der Waals surface area contributed by atoms with Crippen LogP contribution in [0.25, 0.3) is 0 Å². The van der Waals surface area contributed by atoms with Crippen molar-refractivity contribution in [3.05, 3.63) is 29.6 Å². The second kappa shape index (κ2) is 4.08. The molecule has 2 aliphatic heterocycles. The monoisotopic (exact) mass is 248 g/mol. The van der Waals surface area contributed by atoms with Crippen LogP contribution in [-0.2, 0) is 16.0 Å². The Bertz CT molecular complexity index is 530. The fraction of sp³-hybridized carbons (Fsp3) is 0.385. The summed E-state index contributed by atoms with van der Waals surface area (Å²) in [5, 5.41) is 2.67. The van der Waals surface area contributed by atoms with E-state index in [1.807, 2.05) is 0 Å². The molecule has 2 heterocycles.